The van der Waals surface area contributed by atoms with Crippen molar-refractivity contribution in [2.75, 3.05) is 19.1 Å². The molecule has 3 rings (SSSR count). The molecule has 3 amide bonds. The number of benzene rings is 2. The first-order valence-corrected chi connectivity index (χ1v) is 11.4. The Morgan fingerprint density at radius 1 is 1.03 bits per heavy atom. The lowest BCUT2D eigenvalue weighted by Crippen LogP contribution is -2.52. The zero-order valence-electron chi connectivity index (χ0n) is 20.4. The predicted molar refractivity (Wildman–Crippen MR) is 129 cm³/mol. The molecule has 1 aliphatic heterocycles. The minimum absolute atomic E-state index is 0.0727. The van der Waals surface area contributed by atoms with E-state index in [1.807, 2.05) is 51.1 Å². The fourth-order valence-corrected chi connectivity index (χ4v) is 4.24. The molecule has 0 spiro atoms. The topological polar surface area (TPSA) is 97.0 Å². The van der Waals surface area contributed by atoms with Gasteiger partial charge in [0, 0.05) is 18.5 Å². The molecule has 0 radical (unpaired) electrons. The standard InChI is InChI=1S/C26H33N3O5/c1-16(2)14-23(30)27-28-26(32)20-11-13-24(31)29(19-9-6-17(3)7-10-19)25(20)18-8-12-21(33-4)22(15-18)34-5/h6-10,12,15-16,20,25H,11,13-14H2,1-5H3,(H,27,30)(H,28,32). The Morgan fingerprint density at radius 3 is 2.32 bits per heavy atom. The van der Waals surface area contributed by atoms with Crippen molar-refractivity contribution in [2.24, 2.45) is 11.8 Å². The van der Waals surface area contributed by atoms with E-state index in [2.05, 4.69) is 10.9 Å². The number of rotatable bonds is 7. The van der Waals surface area contributed by atoms with Crippen molar-refractivity contribution in [3.63, 3.8) is 0 Å². The van der Waals surface area contributed by atoms with E-state index in [9.17, 15) is 14.4 Å². The van der Waals surface area contributed by atoms with Gasteiger partial charge in [-0.05, 0) is 49.1 Å². The molecule has 1 fully saturated rings. The molecular formula is C26H33N3O5. The summed E-state index contributed by atoms with van der Waals surface area (Å²) in [4.78, 5) is 40.2. The number of amides is 3. The first-order chi connectivity index (χ1) is 16.2. The van der Waals surface area contributed by atoms with Gasteiger partial charge in [0.25, 0.3) is 0 Å². The molecule has 2 unspecified atom stereocenters. The summed E-state index contributed by atoms with van der Waals surface area (Å²) in [5.41, 5.74) is 7.59. The van der Waals surface area contributed by atoms with E-state index in [1.54, 1.807) is 31.3 Å². The Bertz CT molecular complexity index is 1040. The van der Waals surface area contributed by atoms with Crippen LogP contribution in [-0.2, 0) is 14.4 Å². The summed E-state index contributed by atoms with van der Waals surface area (Å²) in [5, 5.41) is 0. The Morgan fingerprint density at radius 2 is 1.71 bits per heavy atom. The molecule has 1 heterocycles. The molecular weight excluding hydrogens is 434 g/mol. The van der Waals surface area contributed by atoms with Crippen LogP contribution in [0.25, 0.3) is 0 Å². The van der Waals surface area contributed by atoms with Gasteiger partial charge < -0.3 is 14.4 Å². The third kappa shape index (κ3) is 5.68. The molecule has 2 aromatic carbocycles. The van der Waals surface area contributed by atoms with Crippen LogP contribution in [0.5, 0.6) is 11.5 Å². The van der Waals surface area contributed by atoms with Gasteiger partial charge in [0.05, 0.1) is 26.2 Å². The third-order valence-electron chi connectivity index (χ3n) is 5.91. The third-order valence-corrected chi connectivity index (χ3v) is 5.91. The fraction of sp³-hybridized carbons (Fsp3) is 0.423. The Kier molecular flexibility index (Phi) is 8.15. The monoisotopic (exact) mass is 467 g/mol. The first-order valence-electron chi connectivity index (χ1n) is 11.4. The van der Waals surface area contributed by atoms with Gasteiger partial charge in [0.2, 0.25) is 17.7 Å². The lowest BCUT2D eigenvalue weighted by molar-refractivity contribution is -0.134. The molecule has 8 nitrogen and oxygen atoms in total. The van der Waals surface area contributed by atoms with Crippen molar-refractivity contribution >= 4 is 23.4 Å². The van der Waals surface area contributed by atoms with Crippen LogP contribution in [0, 0.1) is 18.8 Å². The number of carbonyl (C=O) groups excluding carboxylic acids is 3. The highest BCUT2D eigenvalue weighted by Gasteiger charge is 2.42. The van der Waals surface area contributed by atoms with Gasteiger partial charge in [-0.2, -0.15) is 0 Å². The van der Waals surface area contributed by atoms with E-state index in [4.69, 9.17) is 9.47 Å². The number of piperidine rings is 1. The normalized spacial score (nSPS) is 17.9. The number of aryl methyl sites for hydroxylation is 1. The molecule has 1 aliphatic rings. The van der Waals surface area contributed by atoms with Crippen LogP contribution in [0.15, 0.2) is 42.5 Å². The summed E-state index contributed by atoms with van der Waals surface area (Å²) < 4.78 is 10.8. The van der Waals surface area contributed by atoms with Crippen molar-refractivity contribution in [3.05, 3.63) is 53.6 Å². The maximum Gasteiger partial charge on any atom is 0.243 e. The molecule has 0 saturated carbocycles. The number of ether oxygens (including phenoxy) is 2. The predicted octanol–water partition coefficient (Wildman–Crippen LogP) is 3.69. The van der Waals surface area contributed by atoms with Crippen molar-refractivity contribution in [1.82, 2.24) is 10.9 Å². The summed E-state index contributed by atoms with van der Waals surface area (Å²) in [7, 11) is 3.09. The van der Waals surface area contributed by atoms with Gasteiger partial charge in [0.1, 0.15) is 0 Å². The van der Waals surface area contributed by atoms with Crippen molar-refractivity contribution in [3.8, 4) is 11.5 Å². The smallest absolute Gasteiger partial charge is 0.243 e. The highest BCUT2D eigenvalue weighted by Crippen LogP contribution is 2.42. The Balaban J connectivity index is 2.00. The second-order valence-corrected chi connectivity index (χ2v) is 8.94. The van der Waals surface area contributed by atoms with Gasteiger partial charge in [0.15, 0.2) is 11.5 Å². The number of anilines is 1. The Labute approximate surface area is 200 Å². The van der Waals surface area contributed by atoms with Crippen LogP contribution in [0.3, 0.4) is 0 Å². The summed E-state index contributed by atoms with van der Waals surface area (Å²) in [6.07, 6.45) is 0.875. The largest absolute Gasteiger partial charge is 0.493 e. The molecule has 2 atom stereocenters. The summed E-state index contributed by atoms with van der Waals surface area (Å²) in [6, 6.07) is 12.4. The maximum absolute atomic E-state index is 13.3. The van der Waals surface area contributed by atoms with E-state index in [-0.39, 0.29) is 30.1 Å². The number of nitrogens with one attached hydrogen (secondary N) is 2. The average Bonchev–Trinajstić information content (AvgIpc) is 2.82. The molecule has 34 heavy (non-hydrogen) atoms. The van der Waals surface area contributed by atoms with Gasteiger partial charge >= 0.3 is 0 Å². The van der Waals surface area contributed by atoms with Crippen LogP contribution in [-0.4, -0.2) is 31.9 Å². The SMILES string of the molecule is COc1ccc(C2C(C(=O)NNC(=O)CC(C)C)CCC(=O)N2c2ccc(C)cc2)cc1OC. The zero-order valence-corrected chi connectivity index (χ0v) is 20.4. The molecule has 8 heteroatoms. The quantitative estimate of drug-likeness (QED) is 0.606. The van der Waals surface area contributed by atoms with Crippen LogP contribution in [0.4, 0.5) is 5.69 Å². The van der Waals surface area contributed by atoms with Gasteiger partial charge in [-0.3, -0.25) is 25.2 Å². The maximum atomic E-state index is 13.3. The highest BCUT2D eigenvalue weighted by atomic mass is 16.5. The molecule has 1 saturated heterocycles. The zero-order chi connectivity index (χ0) is 24.8. The van der Waals surface area contributed by atoms with Gasteiger partial charge in [-0.15, -0.1) is 0 Å². The summed E-state index contributed by atoms with van der Waals surface area (Å²) in [5.74, 6) is -0.0352. The lowest BCUT2D eigenvalue weighted by Gasteiger charge is -2.41. The molecule has 0 bridgehead atoms. The van der Waals surface area contributed by atoms with Crippen LogP contribution >= 0.6 is 0 Å². The molecule has 182 valence electrons. The van der Waals surface area contributed by atoms with E-state index in [1.165, 1.54) is 0 Å². The van der Waals surface area contributed by atoms with Crippen molar-refractivity contribution in [2.45, 2.75) is 46.1 Å². The molecule has 0 aromatic heterocycles. The van der Waals surface area contributed by atoms with E-state index in [0.29, 0.717) is 30.0 Å². The molecule has 2 N–H and O–H groups in total. The van der Waals surface area contributed by atoms with Crippen LogP contribution in [0.1, 0.15) is 50.3 Å². The number of nitrogens with zero attached hydrogens (tertiary/aromatic N) is 1. The second-order valence-electron chi connectivity index (χ2n) is 8.94. The minimum Gasteiger partial charge on any atom is -0.493 e. The summed E-state index contributed by atoms with van der Waals surface area (Å²) >= 11 is 0. The minimum atomic E-state index is -0.592. The van der Waals surface area contributed by atoms with E-state index >= 15 is 0 Å². The molecule has 0 aliphatic carbocycles. The van der Waals surface area contributed by atoms with E-state index in [0.717, 1.165) is 11.1 Å². The highest BCUT2D eigenvalue weighted by molar-refractivity contribution is 5.97. The number of hydrogen-bond donors (Lipinski definition) is 2. The van der Waals surface area contributed by atoms with Crippen molar-refractivity contribution in [1.29, 1.82) is 0 Å². The number of hydrogen-bond acceptors (Lipinski definition) is 5. The molecule has 2 aromatic rings. The second kappa shape index (κ2) is 11.0. The average molecular weight is 468 g/mol. The van der Waals surface area contributed by atoms with Gasteiger partial charge in [-0.25, -0.2) is 0 Å². The first kappa shape index (κ1) is 25.1. The fourth-order valence-electron chi connectivity index (χ4n) is 4.24. The number of hydrazine groups is 1. The number of carbonyl (C=O) groups is 3. The lowest BCUT2D eigenvalue weighted by atomic mass is 9.83. The Hall–Kier alpha value is -3.55. The number of methoxy groups -OCH3 is 2. The van der Waals surface area contributed by atoms with Crippen LogP contribution < -0.4 is 25.2 Å². The van der Waals surface area contributed by atoms with E-state index < -0.39 is 12.0 Å². The van der Waals surface area contributed by atoms with Gasteiger partial charge in [-0.1, -0.05) is 37.6 Å². The van der Waals surface area contributed by atoms with Crippen LogP contribution in [0.2, 0.25) is 0 Å². The summed E-state index contributed by atoms with van der Waals surface area (Å²) in [6.45, 7) is 5.84. The van der Waals surface area contributed by atoms with Crippen molar-refractivity contribution < 1.29 is 23.9 Å².